The molecule has 0 unspecified atom stereocenters. The fourth-order valence-corrected chi connectivity index (χ4v) is 0.622. The molecule has 1 aromatic rings. The Kier molecular flexibility index (Phi) is 2.56. The molecule has 0 saturated carbocycles. The zero-order chi connectivity index (χ0) is 7.23. The SMILES string of the molecule is C=CCOc1c[c]ccc1. The molecule has 0 aliphatic rings. The topological polar surface area (TPSA) is 9.23 Å². The molecular weight excluding hydrogens is 124 g/mol. The minimum Gasteiger partial charge on any atom is -0.490 e. The van der Waals surface area contributed by atoms with Crippen molar-refractivity contribution in [3.63, 3.8) is 0 Å². The zero-order valence-electron chi connectivity index (χ0n) is 5.71. The van der Waals surface area contributed by atoms with E-state index in [1.54, 1.807) is 12.1 Å². The first-order valence-corrected chi connectivity index (χ1v) is 3.13. The zero-order valence-corrected chi connectivity index (χ0v) is 5.71. The molecule has 0 amide bonds. The van der Waals surface area contributed by atoms with Gasteiger partial charge in [-0.3, -0.25) is 0 Å². The molecule has 0 atom stereocenters. The lowest BCUT2D eigenvalue weighted by atomic mass is 10.3. The van der Waals surface area contributed by atoms with Crippen LogP contribution in [0.2, 0.25) is 0 Å². The highest BCUT2D eigenvalue weighted by atomic mass is 16.5. The normalized spacial score (nSPS) is 8.80. The summed E-state index contributed by atoms with van der Waals surface area (Å²) in [6, 6.07) is 10.3. The van der Waals surface area contributed by atoms with Gasteiger partial charge < -0.3 is 4.74 Å². The number of rotatable bonds is 3. The first-order chi connectivity index (χ1) is 4.93. The highest BCUT2D eigenvalue weighted by Gasteiger charge is 1.85. The maximum atomic E-state index is 5.21. The van der Waals surface area contributed by atoms with Crippen molar-refractivity contribution < 1.29 is 4.74 Å². The van der Waals surface area contributed by atoms with E-state index >= 15 is 0 Å². The number of hydrogen-bond acceptors (Lipinski definition) is 1. The van der Waals surface area contributed by atoms with Crippen molar-refractivity contribution in [3.8, 4) is 5.75 Å². The van der Waals surface area contributed by atoms with Crippen molar-refractivity contribution in [2.75, 3.05) is 6.61 Å². The van der Waals surface area contributed by atoms with Crippen LogP contribution < -0.4 is 4.74 Å². The van der Waals surface area contributed by atoms with Crippen LogP contribution in [-0.4, -0.2) is 6.61 Å². The lowest BCUT2D eigenvalue weighted by Crippen LogP contribution is -1.91. The van der Waals surface area contributed by atoms with Crippen LogP contribution in [0.3, 0.4) is 0 Å². The molecule has 1 nitrogen and oxygen atoms in total. The second-order valence-electron chi connectivity index (χ2n) is 1.84. The molecule has 0 heterocycles. The highest BCUT2D eigenvalue weighted by Crippen LogP contribution is 2.06. The van der Waals surface area contributed by atoms with Gasteiger partial charge in [-0.2, -0.15) is 0 Å². The molecule has 0 N–H and O–H groups in total. The molecule has 1 aromatic carbocycles. The third-order valence-electron chi connectivity index (χ3n) is 1.05. The average Bonchev–Trinajstić information content (AvgIpc) is 2.03. The van der Waals surface area contributed by atoms with Gasteiger partial charge in [0.15, 0.2) is 0 Å². The van der Waals surface area contributed by atoms with Crippen LogP contribution in [0.15, 0.2) is 36.9 Å². The van der Waals surface area contributed by atoms with Crippen LogP contribution in [0, 0.1) is 6.07 Å². The molecule has 0 fully saturated rings. The molecule has 0 spiro atoms. The van der Waals surface area contributed by atoms with Gasteiger partial charge in [0.2, 0.25) is 0 Å². The summed E-state index contributed by atoms with van der Waals surface area (Å²) in [6.45, 7) is 4.09. The Morgan fingerprint density at radius 1 is 1.70 bits per heavy atom. The van der Waals surface area contributed by atoms with E-state index in [4.69, 9.17) is 4.74 Å². The minimum atomic E-state index is 0.553. The van der Waals surface area contributed by atoms with Crippen LogP contribution in [0.4, 0.5) is 0 Å². The van der Waals surface area contributed by atoms with Gasteiger partial charge in [0.25, 0.3) is 0 Å². The molecule has 1 rings (SSSR count). The van der Waals surface area contributed by atoms with Gasteiger partial charge in [-0.25, -0.2) is 0 Å². The van der Waals surface area contributed by atoms with E-state index in [0.717, 1.165) is 5.75 Å². The van der Waals surface area contributed by atoms with Crippen molar-refractivity contribution in [1.82, 2.24) is 0 Å². The van der Waals surface area contributed by atoms with Crippen LogP contribution in [0.1, 0.15) is 0 Å². The predicted molar refractivity (Wildman–Crippen MR) is 41.0 cm³/mol. The van der Waals surface area contributed by atoms with Gasteiger partial charge in [0.1, 0.15) is 12.4 Å². The molecular formula is C9H9O. The van der Waals surface area contributed by atoms with Crippen molar-refractivity contribution in [2.24, 2.45) is 0 Å². The van der Waals surface area contributed by atoms with E-state index in [-0.39, 0.29) is 0 Å². The molecule has 0 saturated heterocycles. The Morgan fingerprint density at radius 3 is 3.20 bits per heavy atom. The Hall–Kier alpha value is -1.24. The van der Waals surface area contributed by atoms with Gasteiger partial charge >= 0.3 is 0 Å². The Balaban J connectivity index is 2.50. The second-order valence-corrected chi connectivity index (χ2v) is 1.84. The van der Waals surface area contributed by atoms with Crippen LogP contribution >= 0.6 is 0 Å². The summed E-state index contributed by atoms with van der Waals surface area (Å²) in [5.74, 6) is 0.836. The fourth-order valence-electron chi connectivity index (χ4n) is 0.622. The Bertz CT molecular complexity index is 191. The van der Waals surface area contributed by atoms with Crippen LogP contribution in [0.25, 0.3) is 0 Å². The highest BCUT2D eigenvalue weighted by molar-refractivity contribution is 5.20. The monoisotopic (exact) mass is 133 g/mol. The maximum absolute atomic E-state index is 5.21. The third-order valence-corrected chi connectivity index (χ3v) is 1.05. The molecule has 0 aliphatic carbocycles. The fraction of sp³-hybridized carbons (Fsp3) is 0.111. The van der Waals surface area contributed by atoms with Gasteiger partial charge in [0, 0.05) is 0 Å². The molecule has 0 aromatic heterocycles. The summed E-state index contributed by atoms with van der Waals surface area (Å²) in [5, 5.41) is 0. The molecule has 0 bridgehead atoms. The van der Waals surface area contributed by atoms with Gasteiger partial charge in [0.05, 0.1) is 0 Å². The van der Waals surface area contributed by atoms with Gasteiger partial charge in [-0.05, 0) is 18.2 Å². The standard InChI is InChI=1S/C9H9O/c1-2-8-10-9-6-4-3-5-7-9/h2-4,6-7H,1,8H2. The van der Waals surface area contributed by atoms with E-state index in [1.165, 1.54) is 0 Å². The molecule has 1 radical (unpaired) electrons. The Morgan fingerprint density at radius 2 is 2.60 bits per heavy atom. The lowest BCUT2D eigenvalue weighted by Gasteiger charge is -1.99. The van der Waals surface area contributed by atoms with Gasteiger partial charge in [-0.1, -0.05) is 24.8 Å². The van der Waals surface area contributed by atoms with E-state index in [0.29, 0.717) is 6.61 Å². The van der Waals surface area contributed by atoms with Crippen molar-refractivity contribution in [2.45, 2.75) is 0 Å². The van der Waals surface area contributed by atoms with E-state index < -0.39 is 0 Å². The van der Waals surface area contributed by atoms with Crippen LogP contribution in [-0.2, 0) is 0 Å². The second kappa shape index (κ2) is 3.72. The number of hydrogen-bond donors (Lipinski definition) is 0. The third kappa shape index (κ3) is 1.94. The average molecular weight is 133 g/mol. The molecule has 10 heavy (non-hydrogen) atoms. The predicted octanol–water partition coefficient (Wildman–Crippen LogP) is 2.05. The van der Waals surface area contributed by atoms with E-state index in [1.807, 2.05) is 18.2 Å². The quantitative estimate of drug-likeness (QED) is 0.573. The van der Waals surface area contributed by atoms with Crippen LogP contribution in [0.5, 0.6) is 5.75 Å². The Labute approximate surface area is 61.0 Å². The van der Waals surface area contributed by atoms with E-state index in [2.05, 4.69) is 12.6 Å². The molecule has 0 aliphatic heterocycles. The molecule has 1 heteroatoms. The summed E-state index contributed by atoms with van der Waals surface area (Å²) in [4.78, 5) is 0. The van der Waals surface area contributed by atoms with E-state index in [9.17, 15) is 0 Å². The van der Waals surface area contributed by atoms with Crippen molar-refractivity contribution in [1.29, 1.82) is 0 Å². The number of ether oxygens (including phenoxy) is 1. The first kappa shape index (κ1) is 6.87. The summed E-state index contributed by atoms with van der Waals surface area (Å²) in [7, 11) is 0. The summed E-state index contributed by atoms with van der Waals surface area (Å²) < 4.78 is 5.21. The van der Waals surface area contributed by atoms with Crippen molar-refractivity contribution in [3.05, 3.63) is 43.0 Å². The lowest BCUT2D eigenvalue weighted by molar-refractivity contribution is 0.363. The number of benzene rings is 1. The largest absolute Gasteiger partial charge is 0.490 e. The molecule has 51 valence electrons. The maximum Gasteiger partial charge on any atom is 0.120 e. The minimum absolute atomic E-state index is 0.553. The first-order valence-electron chi connectivity index (χ1n) is 3.13. The van der Waals surface area contributed by atoms with Gasteiger partial charge in [-0.15, -0.1) is 0 Å². The summed E-state index contributed by atoms with van der Waals surface area (Å²) >= 11 is 0. The van der Waals surface area contributed by atoms with Crippen molar-refractivity contribution >= 4 is 0 Å². The summed E-state index contributed by atoms with van der Waals surface area (Å²) in [6.07, 6.45) is 1.72. The smallest absolute Gasteiger partial charge is 0.120 e. The summed E-state index contributed by atoms with van der Waals surface area (Å²) in [5.41, 5.74) is 0.